The summed E-state index contributed by atoms with van der Waals surface area (Å²) >= 11 is 3.47. The Bertz CT molecular complexity index is 666. The van der Waals surface area contributed by atoms with Gasteiger partial charge in [0, 0.05) is 23.6 Å². The van der Waals surface area contributed by atoms with Crippen LogP contribution in [-0.4, -0.2) is 23.9 Å². The summed E-state index contributed by atoms with van der Waals surface area (Å²) in [5.74, 6) is 0.183. The Labute approximate surface area is 152 Å². The summed E-state index contributed by atoms with van der Waals surface area (Å²) in [6.07, 6.45) is 2.21. The Balaban J connectivity index is 1.81. The number of carbonyl (C=O) groups is 1. The van der Waals surface area contributed by atoms with E-state index in [1.54, 1.807) is 0 Å². The van der Waals surface area contributed by atoms with Crippen molar-refractivity contribution in [1.82, 2.24) is 10.2 Å². The highest BCUT2D eigenvalue weighted by Gasteiger charge is 2.28. The van der Waals surface area contributed by atoms with Crippen LogP contribution in [0.15, 0.2) is 59.1 Å². The van der Waals surface area contributed by atoms with Crippen LogP contribution >= 0.6 is 15.9 Å². The molecule has 2 unspecified atom stereocenters. The highest BCUT2D eigenvalue weighted by molar-refractivity contribution is 9.10. The van der Waals surface area contributed by atoms with Gasteiger partial charge in [-0.3, -0.25) is 10.1 Å². The predicted octanol–water partition coefficient (Wildman–Crippen LogP) is 4.46. The van der Waals surface area contributed by atoms with E-state index in [0.717, 1.165) is 36.0 Å². The molecule has 3 rings (SSSR count). The molecule has 2 atom stereocenters. The Morgan fingerprint density at radius 1 is 1.00 bits per heavy atom. The van der Waals surface area contributed by atoms with Crippen molar-refractivity contribution in [3.05, 3.63) is 70.2 Å². The van der Waals surface area contributed by atoms with Crippen molar-refractivity contribution in [3.63, 3.8) is 0 Å². The molecule has 0 spiro atoms. The molecule has 0 aromatic heterocycles. The summed E-state index contributed by atoms with van der Waals surface area (Å²) in [5, 5.41) is 3.54. The maximum absolute atomic E-state index is 13.0. The van der Waals surface area contributed by atoms with Crippen molar-refractivity contribution in [2.24, 2.45) is 0 Å². The lowest BCUT2D eigenvalue weighted by atomic mass is 10.0. The van der Waals surface area contributed by atoms with E-state index in [9.17, 15) is 4.79 Å². The fraction of sp³-hybridized carbons (Fsp3) is 0.350. The lowest BCUT2D eigenvalue weighted by Gasteiger charge is -2.27. The molecule has 0 aliphatic carbocycles. The van der Waals surface area contributed by atoms with Gasteiger partial charge in [0.05, 0.1) is 0 Å². The molecule has 4 heteroatoms. The first-order chi connectivity index (χ1) is 11.6. The number of halogens is 1. The van der Waals surface area contributed by atoms with Gasteiger partial charge in [0.25, 0.3) is 0 Å². The van der Waals surface area contributed by atoms with Crippen LogP contribution in [0.4, 0.5) is 0 Å². The van der Waals surface area contributed by atoms with Gasteiger partial charge in [-0.2, -0.15) is 0 Å². The Morgan fingerprint density at radius 3 is 2.25 bits per heavy atom. The van der Waals surface area contributed by atoms with E-state index in [-0.39, 0.29) is 18.0 Å². The van der Waals surface area contributed by atoms with Gasteiger partial charge < -0.3 is 4.90 Å². The monoisotopic (exact) mass is 386 g/mol. The molecule has 1 aliphatic rings. The average molecular weight is 387 g/mol. The minimum absolute atomic E-state index is 0.0925. The van der Waals surface area contributed by atoms with Gasteiger partial charge in [0.2, 0.25) is 5.91 Å². The van der Waals surface area contributed by atoms with Crippen molar-refractivity contribution >= 4 is 21.8 Å². The van der Waals surface area contributed by atoms with E-state index in [1.807, 2.05) is 47.4 Å². The lowest BCUT2D eigenvalue weighted by Crippen LogP contribution is -2.40. The van der Waals surface area contributed by atoms with Crippen molar-refractivity contribution in [2.75, 3.05) is 13.1 Å². The molecule has 1 fully saturated rings. The fourth-order valence-electron chi connectivity index (χ4n) is 3.17. The zero-order valence-corrected chi connectivity index (χ0v) is 15.5. The van der Waals surface area contributed by atoms with Crippen LogP contribution in [0, 0.1) is 0 Å². The Hall–Kier alpha value is -1.65. The van der Waals surface area contributed by atoms with Crippen molar-refractivity contribution in [2.45, 2.75) is 31.8 Å². The zero-order valence-electron chi connectivity index (χ0n) is 13.9. The van der Waals surface area contributed by atoms with Crippen LogP contribution in [-0.2, 0) is 4.79 Å². The summed E-state index contributed by atoms with van der Waals surface area (Å²) in [6.45, 7) is 3.85. The van der Waals surface area contributed by atoms with Crippen molar-refractivity contribution in [3.8, 4) is 0 Å². The molecule has 1 heterocycles. The average Bonchev–Trinajstić information content (AvgIpc) is 3.15. The van der Waals surface area contributed by atoms with E-state index >= 15 is 0 Å². The predicted molar refractivity (Wildman–Crippen MR) is 101 cm³/mol. The second-order valence-corrected chi connectivity index (χ2v) is 7.23. The van der Waals surface area contributed by atoms with Gasteiger partial charge in [-0.25, -0.2) is 0 Å². The first kappa shape index (κ1) is 17.2. The first-order valence-corrected chi connectivity index (χ1v) is 9.29. The molecule has 1 aliphatic heterocycles. The van der Waals surface area contributed by atoms with Crippen LogP contribution in [0.1, 0.15) is 43.0 Å². The summed E-state index contributed by atoms with van der Waals surface area (Å²) in [4.78, 5) is 15.0. The summed E-state index contributed by atoms with van der Waals surface area (Å²) < 4.78 is 1.06. The van der Waals surface area contributed by atoms with Gasteiger partial charge in [-0.15, -0.1) is 0 Å². The van der Waals surface area contributed by atoms with E-state index in [4.69, 9.17) is 0 Å². The summed E-state index contributed by atoms with van der Waals surface area (Å²) in [7, 11) is 0. The van der Waals surface area contributed by atoms with E-state index in [1.165, 1.54) is 5.56 Å². The Morgan fingerprint density at radius 2 is 1.62 bits per heavy atom. The molecule has 1 N–H and O–H groups in total. The molecule has 1 saturated heterocycles. The second-order valence-electron chi connectivity index (χ2n) is 6.32. The normalized spacial score (nSPS) is 16.8. The number of nitrogens with one attached hydrogen (secondary N) is 1. The maximum atomic E-state index is 13.0. The maximum Gasteiger partial charge on any atom is 0.244 e. The largest absolute Gasteiger partial charge is 0.341 e. The molecular weight excluding hydrogens is 364 g/mol. The zero-order chi connectivity index (χ0) is 16.9. The molecule has 2 aromatic rings. The fourth-order valence-corrected chi connectivity index (χ4v) is 3.44. The third-order valence-corrected chi connectivity index (χ3v) is 5.11. The smallest absolute Gasteiger partial charge is 0.244 e. The van der Waals surface area contributed by atoms with Gasteiger partial charge in [-0.1, -0.05) is 58.4 Å². The van der Waals surface area contributed by atoms with E-state index in [0.29, 0.717) is 0 Å². The molecule has 0 saturated carbocycles. The number of amides is 1. The first-order valence-electron chi connectivity index (χ1n) is 8.50. The number of hydrogen-bond acceptors (Lipinski definition) is 2. The topological polar surface area (TPSA) is 32.3 Å². The quantitative estimate of drug-likeness (QED) is 0.822. The van der Waals surface area contributed by atoms with Crippen LogP contribution in [0.25, 0.3) is 0 Å². The minimum Gasteiger partial charge on any atom is -0.341 e. The van der Waals surface area contributed by atoms with Gasteiger partial charge >= 0.3 is 0 Å². The number of carbonyl (C=O) groups excluding carboxylic acids is 1. The van der Waals surface area contributed by atoms with Crippen LogP contribution in [0.5, 0.6) is 0 Å². The van der Waals surface area contributed by atoms with E-state index < -0.39 is 0 Å². The van der Waals surface area contributed by atoms with E-state index in [2.05, 4.69) is 40.3 Å². The van der Waals surface area contributed by atoms with Crippen molar-refractivity contribution < 1.29 is 4.79 Å². The molecular formula is C20H23BrN2O. The molecule has 0 bridgehead atoms. The van der Waals surface area contributed by atoms with Crippen LogP contribution < -0.4 is 5.32 Å². The number of rotatable bonds is 5. The molecule has 126 valence electrons. The van der Waals surface area contributed by atoms with Crippen molar-refractivity contribution in [1.29, 1.82) is 0 Å². The SMILES string of the molecule is CC(NC(C(=O)N1CCCC1)c1ccccc1)c1ccc(Br)cc1. The number of hydrogen-bond donors (Lipinski definition) is 1. The molecule has 0 radical (unpaired) electrons. The highest BCUT2D eigenvalue weighted by Crippen LogP contribution is 2.24. The summed E-state index contributed by atoms with van der Waals surface area (Å²) in [6, 6.07) is 18.1. The molecule has 2 aromatic carbocycles. The second kappa shape index (κ2) is 7.95. The summed E-state index contributed by atoms with van der Waals surface area (Å²) in [5.41, 5.74) is 2.20. The molecule has 3 nitrogen and oxygen atoms in total. The molecule has 1 amide bonds. The third-order valence-electron chi connectivity index (χ3n) is 4.58. The lowest BCUT2D eigenvalue weighted by molar-refractivity contribution is -0.132. The van der Waals surface area contributed by atoms with Crippen LogP contribution in [0.2, 0.25) is 0 Å². The standard InChI is InChI=1S/C20H23BrN2O/c1-15(16-9-11-18(21)12-10-16)22-19(17-7-3-2-4-8-17)20(24)23-13-5-6-14-23/h2-4,7-12,15,19,22H,5-6,13-14H2,1H3. The van der Waals surface area contributed by atoms with Gasteiger partial charge in [-0.05, 0) is 43.0 Å². The molecule has 24 heavy (non-hydrogen) atoms. The highest BCUT2D eigenvalue weighted by atomic mass is 79.9. The number of likely N-dealkylation sites (tertiary alicyclic amines) is 1. The Kier molecular flexibility index (Phi) is 5.69. The van der Waals surface area contributed by atoms with Gasteiger partial charge in [0.1, 0.15) is 6.04 Å². The van der Waals surface area contributed by atoms with Gasteiger partial charge in [0.15, 0.2) is 0 Å². The number of nitrogens with zero attached hydrogens (tertiary/aromatic N) is 1. The number of benzene rings is 2. The minimum atomic E-state index is -0.303. The third kappa shape index (κ3) is 4.05. The van der Waals surface area contributed by atoms with Crippen LogP contribution in [0.3, 0.4) is 0 Å².